The van der Waals surface area contributed by atoms with Crippen LogP contribution in [0.25, 0.3) is 0 Å². The molecule has 0 aromatic carbocycles. The van der Waals surface area contributed by atoms with Crippen molar-refractivity contribution in [3.05, 3.63) is 17.5 Å². The van der Waals surface area contributed by atoms with Gasteiger partial charge in [-0.2, -0.15) is 0 Å². The standard InChI is InChI=1S/C7H8F2N2O/c1-3-6(12)5(10)4(2-11-3)7(8)9/h2,7,12H,1H3,(H2,10,11). The summed E-state index contributed by atoms with van der Waals surface area (Å²) in [5.41, 5.74) is 4.74. The highest BCUT2D eigenvalue weighted by molar-refractivity contribution is 5.58. The molecular formula is C7H8F2N2O. The van der Waals surface area contributed by atoms with Crippen LogP contribution >= 0.6 is 0 Å². The van der Waals surface area contributed by atoms with Crippen LogP contribution in [0, 0.1) is 6.92 Å². The van der Waals surface area contributed by atoms with E-state index in [1.54, 1.807) is 0 Å². The van der Waals surface area contributed by atoms with Gasteiger partial charge in [0.1, 0.15) is 0 Å². The molecule has 0 saturated carbocycles. The average molecular weight is 174 g/mol. The van der Waals surface area contributed by atoms with Gasteiger partial charge >= 0.3 is 0 Å². The summed E-state index contributed by atoms with van der Waals surface area (Å²) in [6.45, 7) is 1.49. The second kappa shape index (κ2) is 2.92. The van der Waals surface area contributed by atoms with Crippen molar-refractivity contribution in [2.45, 2.75) is 13.3 Å². The number of nitrogens with zero attached hydrogens (tertiary/aromatic N) is 1. The molecule has 0 aliphatic rings. The number of hydrogen-bond donors (Lipinski definition) is 2. The number of pyridine rings is 1. The second-order valence-electron chi connectivity index (χ2n) is 2.36. The minimum atomic E-state index is -2.70. The van der Waals surface area contributed by atoms with E-state index in [1.807, 2.05) is 0 Å². The lowest BCUT2D eigenvalue weighted by Gasteiger charge is -2.06. The Balaban J connectivity index is 3.27. The van der Waals surface area contributed by atoms with Gasteiger partial charge in [0, 0.05) is 6.20 Å². The first-order chi connectivity index (χ1) is 5.54. The molecule has 0 radical (unpaired) electrons. The molecule has 1 heterocycles. The van der Waals surface area contributed by atoms with Crippen LogP contribution in [0.3, 0.4) is 0 Å². The van der Waals surface area contributed by atoms with E-state index in [0.717, 1.165) is 6.20 Å². The molecule has 3 N–H and O–H groups in total. The van der Waals surface area contributed by atoms with Crippen LogP contribution in [0.1, 0.15) is 17.7 Å². The normalized spacial score (nSPS) is 10.7. The van der Waals surface area contributed by atoms with Gasteiger partial charge in [0.25, 0.3) is 6.43 Å². The predicted octanol–water partition coefficient (Wildman–Crippen LogP) is 1.62. The van der Waals surface area contributed by atoms with E-state index in [1.165, 1.54) is 6.92 Å². The third-order valence-corrected chi connectivity index (χ3v) is 1.54. The lowest BCUT2D eigenvalue weighted by Crippen LogP contribution is -1.98. The summed E-state index contributed by atoms with van der Waals surface area (Å²) in [5.74, 6) is -0.368. The highest BCUT2D eigenvalue weighted by Crippen LogP contribution is 2.32. The van der Waals surface area contributed by atoms with Gasteiger partial charge in [-0.05, 0) is 6.92 Å². The van der Waals surface area contributed by atoms with E-state index in [0.29, 0.717) is 0 Å². The second-order valence-corrected chi connectivity index (χ2v) is 2.36. The van der Waals surface area contributed by atoms with Crippen molar-refractivity contribution in [3.63, 3.8) is 0 Å². The van der Waals surface area contributed by atoms with Crippen LogP contribution < -0.4 is 5.73 Å². The average Bonchev–Trinajstić information content (AvgIpc) is 2.00. The number of nitrogen functional groups attached to an aromatic ring is 1. The minimum absolute atomic E-state index is 0.247. The number of alkyl halides is 2. The number of aromatic hydroxyl groups is 1. The van der Waals surface area contributed by atoms with Gasteiger partial charge in [-0.1, -0.05) is 0 Å². The quantitative estimate of drug-likeness (QED) is 0.680. The molecule has 0 bridgehead atoms. The summed E-state index contributed by atoms with van der Waals surface area (Å²) in [7, 11) is 0. The number of halogens is 2. The van der Waals surface area contributed by atoms with Crippen molar-refractivity contribution in [1.29, 1.82) is 0 Å². The minimum Gasteiger partial charge on any atom is -0.504 e. The van der Waals surface area contributed by atoms with Gasteiger partial charge in [0.2, 0.25) is 0 Å². The maximum Gasteiger partial charge on any atom is 0.267 e. The van der Waals surface area contributed by atoms with Gasteiger partial charge in [-0.25, -0.2) is 8.78 Å². The lowest BCUT2D eigenvalue weighted by atomic mass is 10.2. The Hall–Kier alpha value is -1.39. The largest absolute Gasteiger partial charge is 0.504 e. The maximum atomic E-state index is 12.1. The zero-order valence-electron chi connectivity index (χ0n) is 6.38. The number of anilines is 1. The van der Waals surface area contributed by atoms with Crippen LogP contribution in [-0.2, 0) is 0 Å². The summed E-state index contributed by atoms with van der Waals surface area (Å²) in [6.07, 6.45) is -1.74. The van der Waals surface area contributed by atoms with E-state index < -0.39 is 12.0 Å². The Labute approximate surface area is 67.8 Å². The van der Waals surface area contributed by atoms with Gasteiger partial charge in [0.05, 0.1) is 16.9 Å². The van der Waals surface area contributed by atoms with E-state index >= 15 is 0 Å². The molecule has 66 valence electrons. The molecule has 0 atom stereocenters. The Bertz CT molecular complexity index is 302. The molecule has 0 aliphatic carbocycles. The van der Waals surface area contributed by atoms with Crippen molar-refractivity contribution in [1.82, 2.24) is 4.98 Å². The Morgan fingerprint density at radius 2 is 2.17 bits per heavy atom. The lowest BCUT2D eigenvalue weighted by molar-refractivity contribution is 0.151. The molecule has 0 aliphatic heterocycles. The first-order valence-electron chi connectivity index (χ1n) is 3.26. The molecule has 5 heteroatoms. The van der Waals surface area contributed by atoms with Crippen LogP contribution in [-0.4, -0.2) is 10.1 Å². The molecular weight excluding hydrogens is 166 g/mol. The van der Waals surface area contributed by atoms with Gasteiger partial charge in [0.15, 0.2) is 5.75 Å². The molecule has 1 aromatic heterocycles. The van der Waals surface area contributed by atoms with E-state index in [9.17, 15) is 8.78 Å². The van der Waals surface area contributed by atoms with Gasteiger partial charge in [-0.15, -0.1) is 0 Å². The highest BCUT2D eigenvalue weighted by atomic mass is 19.3. The fourth-order valence-electron chi connectivity index (χ4n) is 0.803. The van der Waals surface area contributed by atoms with E-state index in [2.05, 4.69) is 4.98 Å². The third-order valence-electron chi connectivity index (χ3n) is 1.54. The van der Waals surface area contributed by atoms with Crippen molar-refractivity contribution in [3.8, 4) is 5.75 Å². The fraction of sp³-hybridized carbons (Fsp3) is 0.286. The number of aromatic nitrogens is 1. The maximum absolute atomic E-state index is 12.1. The smallest absolute Gasteiger partial charge is 0.267 e. The molecule has 3 nitrogen and oxygen atoms in total. The molecule has 0 amide bonds. The molecule has 0 fully saturated rings. The van der Waals surface area contributed by atoms with Crippen LogP contribution in [0.2, 0.25) is 0 Å². The van der Waals surface area contributed by atoms with E-state index in [4.69, 9.17) is 10.8 Å². The van der Waals surface area contributed by atoms with Gasteiger partial charge < -0.3 is 10.8 Å². The van der Waals surface area contributed by atoms with Gasteiger partial charge in [-0.3, -0.25) is 4.98 Å². The summed E-state index contributed by atoms with van der Waals surface area (Å²) in [6, 6.07) is 0. The zero-order chi connectivity index (χ0) is 9.30. The van der Waals surface area contributed by atoms with Crippen LogP contribution in [0.15, 0.2) is 6.20 Å². The highest BCUT2D eigenvalue weighted by Gasteiger charge is 2.15. The summed E-state index contributed by atoms with van der Waals surface area (Å²) in [4.78, 5) is 3.55. The molecule has 1 rings (SSSR count). The fourth-order valence-corrected chi connectivity index (χ4v) is 0.803. The zero-order valence-corrected chi connectivity index (χ0v) is 6.38. The number of aryl methyl sites for hydroxylation is 1. The molecule has 12 heavy (non-hydrogen) atoms. The number of nitrogens with two attached hydrogens (primary N) is 1. The molecule has 0 saturated heterocycles. The topological polar surface area (TPSA) is 59.1 Å². The number of rotatable bonds is 1. The SMILES string of the molecule is Cc1ncc(C(F)F)c(N)c1O. The summed E-state index contributed by atoms with van der Waals surface area (Å²) in [5, 5.41) is 9.12. The monoisotopic (exact) mass is 174 g/mol. The summed E-state index contributed by atoms with van der Waals surface area (Å²) < 4.78 is 24.2. The van der Waals surface area contributed by atoms with Crippen molar-refractivity contribution in [2.24, 2.45) is 0 Å². The van der Waals surface area contributed by atoms with Crippen LogP contribution in [0.4, 0.5) is 14.5 Å². The third kappa shape index (κ3) is 1.30. The Kier molecular flexibility index (Phi) is 2.12. The molecule has 0 unspecified atom stereocenters. The predicted molar refractivity (Wildman–Crippen MR) is 40.0 cm³/mol. The molecule has 0 spiro atoms. The van der Waals surface area contributed by atoms with E-state index in [-0.39, 0.29) is 17.1 Å². The van der Waals surface area contributed by atoms with Crippen molar-refractivity contribution >= 4 is 5.69 Å². The van der Waals surface area contributed by atoms with Crippen molar-refractivity contribution in [2.75, 3.05) is 5.73 Å². The van der Waals surface area contributed by atoms with Crippen molar-refractivity contribution < 1.29 is 13.9 Å². The Morgan fingerprint density at radius 3 is 2.67 bits per heavy atom. The number of hydrogen-bond acceptors (Lipinski definition) is 3. The first-order valence-corrected chi connectivity index (χ1v) is 3.26. The van der Waals surface area contributed by atoms with Crippen LogP contribution in [0.5, 0.6) is 5.75 Å². The first kappa shape index (κ1) is 8.70. The molecule has 1 aromatic rings. The summed E-state index contributed by atoms with van der Waals surface area (Å²) >= 11 is 0. The Morgan fingerprint density at radius 1 is 1.58 bits per heavy atom.